The van der Waals surface area contributed by atoms with Gasteiger partial charge in [-0.05, 0) is 30.3 Å². The zero-order chi connectivity index (χ0) is 19.5. The highest BCUT2D eigenvalue weighted by molar-refractivity contribution is 7.89. The summed E-state index contributed by atoms with van der Waals surface area (Å²) in [7, 11) is -3.81. The number of carbonyl (C=O) groups excluding carboxylic acids is 1. The summed E-state index contributed by atoms with van der Waals surface area (Å²) in [5.74, 6) is -3.25. The van der Waals surface area contributed by atoms with Crippen LogP contribution in [-0.4, -0.2) is 36.8 Å². The number of rotatable bonds is 6. The Morgan fingerprint density at radius 1 is 1.12 bits per heavy atom. The van der Waals surface area contributed by atoms with Gasteiger partial charge in [-0.2, -0.15) is 4.31 Å². The summed E-state index contributed by atoms with van der Waals surface area (Å²) in [6, 6.07) is 5.83. The smallest absolute Gasteiger partial charge is 0.258 e. The number of hydrogen-bond acceptors (Lipinski definition) is 4. The van der Waals surface area contributed by atoms with Crippen molar-refractivity contribution in [1.82, 2.24) is 4.31 Å². The van der Waals surface area contributed by atoms with E-state index in [1.54, 1.807) is 13.8 Å². The number of nitrogens with one attached hydrogen (secondary N) is 1. The molecule has 2 rings (SSSR count). The zero-order valence-corrected chi connectivity index (χ0v) is 15.0. The molecule has 140 valence electrons. The molecule has 26 heavy (non-hydrogen) atoms. The van der Waals surface area contributed by atoms with E-state index in [0.29, 0.717) is 6.07 Å². The number of benzene rings is 2. The number of carbonyl (C=O) groups is 1. The molecule has 2 N–H and O–H groups in total. The highest BCUT2D eigenvalue weighted by Crippen LogP contribution is 2.28. The maximum Gasteiger partial charge on any atom is 0.258 e. The van der Waals surface area contributed by atoms with Crippen LogP contribution < -0.4 is 5.32 Å². The summed E-state index contributed by atoms with van der Waals surface area (Å²) < 4.78 is 52.9. The fourth-order valence-corrected chi connectivity index (χ4v) is 3.84. The quantitative estimate of drug-likeness (QED) is 0.750. The van der Waals surface area contributed by atoms with E-state index in [1.807, 2.05) is 0 Å². The molecule has 0 saturated heterocycles. The minimum absolute atomic E-state index is 0.131. The van der Waals surface area contributed by atoms with Crippen molar-refractivity contribution >= 4 is 21.6 Å². The number of anilines is 1. The predicted molar refractivity (Wildman–Crippen MR) is 92.5 cm³/mol. The van der Waals surface area contributed by atoms with Crippen LogP contribution in [0, 0.1) is 11.6 Å². The molecular formula is C17H18F2N2O4S. The van der Waals surface area contributed by atoms with Gasteiger partial charge in [0.1, 0.15) is 17.4 Å². The third kappa shape index (κ3) is 4.00. The lowest BCUT2D eigenvalue weighted by Crippen LogP contribution is -2.30. The molecule has 0 bridgehead atoms. The summed E-state index contributed by atoms with van der Waals surface area (Å²) in [5, 5.41) is 12.1. The predicted octanol–water partition coefficient (Wildman–Crippen LogP) is 2.95. The molecule has 6 nitrogen and oxygen atoms in total. The average molecular weight is 384 g/mol. The molecule has 0 atom stereocenters. The van der Waals surface area contributed by atoms with Crippen LogP contribution in [0.3, 0.4) is 0 Å². The molecule has 0 unspecified atom stereocenters. The number of phenols is 1. The van der Waals surface area contributed by atoms with Gasteiger partial charge in [0.15, 0.2) is 0 Å². The first-order chi connectivity index (χ1) is 12.2. The van der Waals surface area contributed by atoms with Crippen molar-refractivity contribution in [3.8, 4) is 5.75 Å². The third-order valence-electron chi connectivity index (χ3n) is 3.74. The first kappa shape index (κ1) is 19.8. The van der Waals surface area contributed by atoms with Gasteiger partial charge >= 0.3 is 0 Å². The largest absolute Gasteiger partial charge is 0.506 e. The minimum Gasteiger partial charge on any atom is -0.506 e. The van der Waals surface area contributed by atoms with Gasteiger partial charge in [-0.3, -0.25) is 4.79 Å². The van der Waals surface area contributed by atoms with Crippen LogP contribution in [0.1, 0.15) is 24.2 Å². The molecule has 0 spiro atoms. The number of hydrogen-bond donors (Lipinski definition) is 2. The molecule has 9 heteroatoms. The van der Waals surface area contributed by atoms with Gasteiger partial charge in [0.2, 0.25) is 10.0 Å². The van der Waals surface area contributed by atoms with Gasteiger partial charge in [0.25, 0.3) is 5.91 Å². The normalized spacial score (nSPS) is 11.6. The topological polar surface area (TPSA) is 86.7 Å². The van der Waals surface area contributed by atoms with Crippen molar-refractivity contribution in [1.29, 1.82) is 0 Å². The highest BCUT2D eigenvalue weighted by Gasteiger charge is 2.23. The van der Waals surface area contributed by atoms with E-state index in [9.17, 15) is 27.1 Å². The Hall–Kier alpha value is -2.52. The van der Waals surface area contributed by atoms with Crippen LogP contribution in [0.2, 0.25) is 0 Å². The number of amides is 1. The molecule has 0 aliphatic carbocycles. The van der Waals surface area contributed by atoms with Crippen LogP contribution in [0.25, 0.3) is 0 Å². The second kappa shape index (κ2) is 7.79. The fourth-order valence-electron chi connectivity index (χ4n) is 2.35. The van der Waals surface area contributed by atoms with Gasteiger partial charge < -0.3 is 10.4 Å². The van der Waals surface area contributed by atoms with E-state index in [1.165, 1.54) is 10.4 Å². The van der Waals surface area contributed by atoms with Crippen LogP contribution >= 0.6 is 0 Å². The number of nitrogens with zero attached hydrogens (tertiary/aromatic N) is 1. The monoisotopic (exact) mass is 384 g/mol. The van der Waals surface area contributed by atoms with Crippen molar-refractivity contribution in [3.63, 3.8) is 0 Å². The molecule has 0 heterocycles. The van der Waals surface area contributed by atoms with Crippen LogP contribution in [0.4, 0.5) is 14.5 Å². The summed E-state index contributed by atoms with van der Waals surface area (Å²) in [5.41, 5.74) is -0.644. The Bertz CT molecular complexity index is 928. The Morgan fingerprint density at radius 2 is 1.77 bits per heavy atom. The van der Waals surface area contributed by atoms with Gasteiger partial charge in [-0.25, -0.2) is 17.2 Å². The standard InChI is InChI=1S/C17H18F2N2O4S/c1-3-21(4-2)26(24,25)12-6-8-16(22)15(10-12)20-17(23)13-7-5-11(18)9-14(13)19/h5-10,22H,3-4H2,1-2H3,(H,20,23). The molecule has 2 aromatic carbocycles. The van der Waals surface area contributed by atoms with E-state index < -0.39 is 33.1 Å². The summed E-state index contributed by atoms with van der Waals surface area (Å²) in [6.07, 6.45) is 0. The fraction of sp³-hybridized carbons (Fsp3) is 0.235. The maximum absolute atomic E-state index is 13.7. The van der Waals surface area contributed by atoms with Crippen molar-refractivity contribution < 1.29 is 27.1 Å². The van der Waals surface area contributed by atoms with Crippen LogP contribution in [0.15, 0.2) is 41.3 Å². The van der Waals surface area contributed by atoms with E-state index in [0.717, 1.165) is 24.3 Å². The number of sulfonamides is 1. The Morgan fingerprint density at radius 3 is 2.35 bits per heavy atom. The molecular weight excluding hydrogens is 366 g/mol. The lowest BCUT2D eigenvalue weighted by atomic mass is 10.2. The maximum atomic E-state index is 13.7. The molecule has 0 aliphatic heterocycles. The summed E-state index contributed by atoms with van der Waals surface area (Å²) >= 11 is 0. The summed E-state index contributed by atoms with van der Waals surface area (Å²) in [6.45, 7) is 3.87. The molecule has 0 fully saturated rings. The first-order valence-electron chi connectivity index (χ1n) is 7.80. The minimum atomic E-state index is -3.81. The lowest BCUT2D eigenvalue weighted by molar-refractivity contribution is 0.102. The number of phenolic OH excluding ortho intramolecular Hbond substituents is 1. The first-order valence-corrected chi connectivity index (χ1v) is 9.24. The van der Waals surface area contributed by atoms with Gasteiger partial charge in [0.05, 0.1) is 16.1 Å². The van der Waals surface area contributed by atoms with Crippen molar-refractivity contribution in [2.45, 2.75) is 18.7 Å². The second-order valence-corrected chi connectivity index (χ2v) is 7.28. The van der Waals surface area contributed by atoms with Crippen molar-refractivity contribution in [3.05, 3.63) is 53.6 Å². The van der Waals surface area contributed by atoms with E-state index in [-0.39, 0.29) is 29.4 Å². The van der Waals surface area contributed by atoms with Gasteiger partial charge in [0, 0.05) is 19.2 Å². The second-order valence-electron chi connectivity index (χ2n) is 5.35. The Kier molecular flexibility index (Phi) is 5.94. The van der Waals surface area contributed by atoms with Crippen LogP contribution in [-0.2, 0) is 10.0 Å². The highest BCUT2D eigenvalue weighted by atomic mass is 32.2. The average Bonchev–Trinajstić information content (AvgIpc) is 2.57. The molecule has 1 amide bonds. The van der Waals surface area contributed by atoms with Gasteiger partial charge in [-0.1, -0.05) is 13.8 Å². The molecule has 0 saturated carbocycles. The summed E-state index contributed by atoms with van der Waals surface area (Å²) in [4.78, 5) is 12.0. The zero-order valence-electron chi connectivity index (χ0n) is 14.2. The molecule has 0 aromatic heterocycles. The van der Waals surface area contributed by atoms with Crippen molar-refractivity contribution in [2.24, 2.45) is 0 Å². The lowest BCUT2D eigenvalue weighted by Gasteiger charge is -2.19. The van der Waals surface area contributed by atoms with Crippen molar-refractivity contribution in [2.75, 3.05) is 18.4 Å². The van der Waals surface area contributed by atoms with E-state index in [4.69, 9.17) is 0 Å². The third-order valence-corrected chi connectivity index (χ3v) is 5.78. The Labute approximate surface area is 150 Å². The van der Waals surface area contributed by atoms with E-state index >= 15 is 0 Å². The molecule has 0 radical (unpaired) electrons. The van der Waals surface area contributed by atoms with Gasteiger partial charge in [-0.15, -0.1) is 0 Å². The molecule has 0 aliphatic rings. The van der Waals surface area contributed by atoms with Crippen LogP contribution in [0.5, 0.6) is 5.75 Å². The van der Waals surface area contributed by atoms with E-state index in [2.05, 4.69) is 5.32 Å². The number of halogens is 2. The number of aromatic hydroxyl groups is 1. The Balaban J connectivity index is 2.37. The SMILES string of the molecule is CCN(CC)S(=O)(=O)c1ccc(O)c(NC(=O)c2ccc(F)cc2F)c1. The molecule has 2 aromatic rings.